The number of rotatable bonds is 8. The molecule has 2 aromatic carbocycles. The Morgan fingerprint density at radius 2 is 1.36 bits per heavy atom. The molecular formula is C21H20F2N4O. The SMILES string of the molecule is O=C(NCCc1ccccc1F)c1cnc(NCCc2ccccc2F)nc1. The number of nitrogens with zero attached hydrogens (tertiary/aromatic N) is 2. The first-order chi connectivity index (χ1) is 13.6. The Labute approximate surface area is 161 Å². The number of halogens is 2. The van der Waals surface area contributed by atoms with Crippen molar-refractivity contribution in [3.63, 3.8) is 0 Å². The van der Waals surface area contributed by atoms with Gasteiger partial charge < -0.3 is 10.6 Å². The third-order valence-electron chi connectivity index (χ3n) is 4.19. The molecule has 0 aliphatic carbocycles. The Balaban J connectivity index is 1.45. The van der Waals surface area contributed by atoms with Crippen LogP contribution in [0.1, 0.15) is 21.5 Å². The summed E-state index contributed by atoms with van der Waals surface area (Å²) in [6, 6.07) is 13.0. The first-order valence-corrected chi connectivity index (χ1v) is 8.94. The van der Waals surface area contributed by atoms with Gasteiger partial charge >= 0.3 is 0 Å². The molecule has 0 unspecified atom stereocenters. The molecule has 0 aliphatic heterocycles. The van der Waals surface area contributed by atoms with Crippen molar-refractivity contribution in [2.24, 2.45) is 0 Å². The fraction of sp³-hybridized carbons (Fsp3) is 0.190. The van der Waals surface area contributed by atoms with Gasteiger partial charge in [-0.15, -0.1) is 0 Å². The maximum absolute atomic E-state index is 13.6. The summed E-state index contributed by atoms with van der Waals surface area (Å²) in [5.41, 5.74) is 1.47. The second kappa shape index (κ2) is 9.55. The van der Waals surface area contributed by atoms with E-state index in [2.05, 4.69) is 20.6 Å². The van der Waals surface area contributed by atoms with Crippen molar-refractivity contribution in [3.8, 4) is 0 Å². The lowest BCUT2D eigenvalue weighted by Gasteiger charge is -2.08. The van der Waals surface area contributed by atoms with Crippen molar-refractivity contribution in [2.45, 2.75) is 12.8 Å². The van der Waals surface area contributed by atoms with Crippen LogP contribution in [0.25, 0.3) is 0 Å². The van der Waals surface area contributed by atoms with Crippen LogP contribution < -0.4 is 10.6 Å². The van der Waals surface area contributed by atoms with Crippen LogP contribution >= 0.6 is 0 Å². The Morgan fingerprint density at radius 3 is 1.93 bits per heavy atom. The van der Waals surface area contributed by atoms with Crippen molar-refractivity contribution < 1.29 is 13.6 Å². The highest BCUT2D eigenvalue weighted by molar-refractivity contribution is 5.93. The predicted molar refractivity (Wildman–Crippen MR) is 103 cm³/mol. The molecule has 3 rings (SSSR count). The van der Waals surface area contributed by atoms with E-state index < -0.39 is 0 Å². The van der Waals surface area contributed by atoms with Crippen LogP contribution in [-0.4, -0.2) is 29.0 Å². The average molecular weight is 382 g/mol. The summed E-state index contributed by atoms with van der Waals surface area (Å²) in [6.45, 7) is 0.775. The second-order valence-corrected chi connectivity index (χ2v) is 6.16. The number of carbonyl (C=O) groups excluding carboxylic acids is 1. The molecule has 1 heterocycles. The standard InChI is InChI=1S/C21H20F2N4O/c22-18-7-3-1-5-15(18)9-11-24-20(28)17-13-26-21(27-14-17)25-12-10-16-6-2-4-8-19(16)23/h1-8,13-14H,9-12H2,(H,24,28)(H,25,26,27). The number of hydrogen-bond acceptors (Lipinski definition) is 4. The van der Waals surface area contributed by atoms with Gasteiger partial charge in [0.1, 0.15) is 11.6 Å². The number of amides is 1. The average Bonchev–Trinajstić information content (AvgIpc) is 2.71. The quantitative estimate of drug-likeness (QED) is 0.627. The monoisotopic (exact) mass is 382 g/mol. The molecule has 7 heteroatoms. The molecule has 5 nitrogen and oxygen atoms in total. The number of carbonyl (C=O) groups is 1. The number of nitrogens with one attached hydrogen (secondary N) is 2. The van der Waals surface area contributed by atoms with E-state index in [1.807, 2.05) is 0 Å². The summed E-state index contributed by atoms with van der Waals surface area (Å²) in [7, 11) is 0. The molecule has 0 saturated carbocycles. The summed E-state index contributed by atoms with van der Waals surface area (Å²) in [4.78, 5) is 20.3. The van der Waals surface area contributed by atoms with E-state index in [0.717, 1.165) is 0 Å². The molecule has 28 heavy (non-hydrogen) atoms. The first-order valence-electron chi connectivity index (χ1n) is 8.94. The molecule has 144 valence electrons. The highest BCUT2D eigenvalue weighted by Crippen LogP contribution is 2.08. The molecule has 0 radical (unpaired) electrons. The van der Waals surface area contributed by atoms with E-state index in [9.17, 15) is 13.6 Å². The van der Waals surface area contributed by atoms with Crippen LogP contribution in [0.5, 0.6) is 0 Å². The Kier molecular flexibility index (Phi) is 6.62. The predicted octanol–water partition coefficient (Wildman–Crippen LogP) is 3.38. The van der Waals surface area contributed by atoms with Crippen molar-refractivity contribution >= 4 is 11.9 Å². The summed E-state index contributed by atoms with van der Waals surface area (Å²) in [5, 5.41) is 5.71. The van der Waals surface area contributed by atoms with E-state index in [1.54, 1.807) is 36.4 Å². The fourth-order valence-corrected chi connectivity index (χ4v) is 2.66. The van der Waals surface area contributed by atoms with Gasteiger partial charge in [-0.05, 0) is 36.1 Å². The minimum Gasteiger partial charge on any atom is -0.354 e. The largest absolute Gasteiger partial charge is 0.354 e. The lowest BCUT2D eigenvalue weighted by atomic mass is 10.1. The molecule has 0 bridgehead atoms. The summed E-state index contributed by atoms with van der Waals surface area (Å²) < 4.78 is 27.1. The van der Waals surface area contributed by atoms with Crippen LogP contribution in [0.3, 0.4) is 0 Å². The van der Waals surface area contributed by atoms with E-state index in [1.165, 1.54) is 24.5 Å². The molecule has 0 atom stereocenters. The molecule has 0 saturated heterocycles. The van der Waals surface area contributed by atoms with Crippen molar-refractivity contribution in [3.05, 3.63) is 89.2 Å². The van der Waals surface area contributed by atoms with Gasteiger partial charge in [0.2, 0.25) is 5.95 Å². The molecule has 0 fully saturated rings. The van der Waals surface area contributed by atoms with Crippen molar-refractivity contribution in [1.82, 2.24) is 15.3 Å². The van der Waals surface area contributed by atoms with Crippen LogP contribution in [0.4, 0.5) is 14.7 Å². The summed E-state index contributed by atoms with van der Waals surface area (Å²) in [5.74, 6) is -0.494. The number of anilines is 1. The van der Waals surface area contributed by atoms with Gasteiger partial charge in [0, 0.05) is 25.5 Å². The smallest absolute Gasteiger partial charge is 0.254 e. The lowest BCUT2D eigenvalue weighted by molar-refractivity contribution is 0.0953. The van der Waals surface area contributed by atoms with E-state index in [4.69, 9.17) is 0 Å². The third kappa shape index (κ3) is 5.33. The van der Waals surface area contributed by atoms with Crippen LogP contribution in [-0.2, 0) is 12.8 Å². The van der Waals surface area contributed by atoms with E-state index in [-0.39, 0.29) is 17.5 Å². The Morgan fingerprint density at radius 1 is 0.821 bits per heavy atom. The van der Waals surface area contributed by atoms with Gasteiger partial charge in [-0.3, -0.25) is 4.79 Å². The zero-order chi connectivity index (χ0) is 19.8. The number of aromatic nitrogens is 2. The van der Waals surface area contributed by atoms with Crippen molar-refractivity contribution in [1.29, 1.82) is 0 Å². The zero-order valence-electron chi connectivity index (χ0n) is 15.2. The van der Waals surface area contributed by atoms with Gasteiger partial charge in [0.15, 0.2) is 0 Å². The Bertz CT molecular complexity index is 932. The van der Waals surface area contributed by atoms with Gasteiger partial charge in [0.25, 0.3) is 5.91 Å². The highest BCUT2D eigenvalue weighted by Gasteiger charge is 2.08. The summed E-state index contributed by atoms with van der Waals surface area (Å²) in [6.07, 6.45) is 3.72. The van der Waals surface area contributed by atoms with Gasteiger partial charge in [0.05, 0.1) is 5.56 Å². The highest BCUT2D eigenvalue weighted by atomic mass is 19.1. The first kappa shape index (κ1) is 19.4. The molecule has 0 spiro atoms. The topological polar surface area (TPSA) is 66.9 Å². The molecular weight excluding hydrogens is 362 g/mol. The van der Waals surface area contributed by atoms with E-state index >= 15 is 0 Å². The van der Waals surface area contributed by atoms with Crippen LogP contribution in [0, 0.1) is 11.6 Å². The normalized spacial score (nSPS) is 10.5. The minimum absolute atomic E-state index is 0.243. The van der Waals surface area contributed by atoms with Crippen molar-refractivity contribution in [2.75, 3.05) is 18.4 Å². The fourth-order valence-electron chi connectivity index (χ4n) is 2.66. The van der Waals surface area contributed by atoms with Crippen LogP contribution in [0.2, 0.25) is 0 Å². The number of benzene rings is 2. The molecule has 0 aliphatic rings. The third-order valence-corrected chi connectivity index (χ3v) is 4.19. The second-order valence-electron chi connectivity index (χ2n) is 6.16. The maximum atomic E-state index is 13.6. The molecule has 3 aromatic rings. The minimum atomic E-state index is -0.325. The molecule has 1 aromatic heterocycles. The van der Waals surface area contributed by atoms with Gasteiger partial charge in [-0.25, -0.2) is 18.7 Å². The Hall–Kier alpha value is -3.35. The maximum Gasteiger partial charge on any atom is 0.254 e. The number of hydrogen-bond donors (Lipinski definition) is 2. The van der Waals surface area contributed by atoms with Gasteiger partial charge in [-0.1, -0.05) is 36.4 Å². The molecule has 2 N–H and O–H groups in total. The van der Waals surface area contributed by atoms with Gasteiger partial charge in [-0.2, -0.15) is 0 Å². The lowest BCUT2D eigenvalue weighted by Crippen LogP contribution is -2.26. The summed E-state index contributed by atoms with van der Waals surface area (Å²) >= 11 is 0. The molecule has 1 amide bonds. The zero-order valence-corrected chi connectivity index (χ0v) is 15.2. The van der Waals surface area contributed by atoms with E-state index in [0.29, 0.717) is 48.6 Å². The van der Waals surface area contributed by atoms with Crippen LogP contribution in [0.15, 0.2) is 60.9 Å².